The standard InChI is InChI=1S/C31H48O4/c1-18(2)20-10-16-31(27(33)34)17-11-22-21(26(20)31)8-9-24-29(22,6)14-12-23-28(4,5)25(35-19(3)32)13-15-30(23,24)7/h20-26H,1,8-17H2,2-7H3,(H,33,34)/t20?,21?,22?,23?,24?,25-,26?,29-,30-,31-/m0/s1. The van der Waals surface area contributed by atoms with Crippen molar-refractivity contribution in [2.24, 2.45) is 57.2 Å². The molecule has 1 N–H and O–H groups in total. The molecule has 0 bridgehead atoms. The van der Waals surface area contributed by atoms with Crippen LogP contribution in [0.25, 0.3) is 0 Å². The molecule has 5 aliphatic carbocycles. The molecule has 0 aromatic heterocycles. The van der Waals surface area contributed by atoms with Gasteiger partial charge in [-0.1, -0.05) is 39.8 Å². The Morgan fingerprint density at radius 2 is 1.49 bits per heavy atom. The van der Waals surface area contributed by atoms with Crippen LogP contribution < -0.4 is 0 Å². The van der Waals surface area contributed by atoms with Crippen molar-refractivity contribution in [2.75, 3.05) is 0 Å². The first-order valence-electron chi connectivity index (χ1n) is 14.3. The Morgan fingerprint density at radius 3 is 2.11 bits per heavy atom. The highest BCUT2D eigenvalue weighted by atomic mass is 16.5. The van der Waals surface area contributed by atoms with Crippen molar-refractivity contribution in [1.82, 2.24) is 0 Å². The predicted octanol–water partition coefficient (Wildman–Crippen LogP) is 7.27. The lowest BCUT2D eigenvalue weighted by molar-refractivity contribution is -0.223. The summed E-state index contributed by atoms with van der Waals surface area (Å²) in [6, 6.07) is 0. The molecule has 6 unspecified atom stereocenters. The Labute approximate surface area is 212 Å². The number of carbonyl (C=O) groups is 2. The SMILES string of the molecule is C=C(C)C1CC[C@]2(C(=O)O)CCC3C(CCC4[C@@]3(C)CCC3C(C)(C)[C@@H](OC(C)=O)CC[C@@]34C)C12. The summed E-state index contributed by atoms with van der Waals surface area (Å²) in [4.78, 5) is 24.6. The second-order valence-electron chi connectivity index (χ2n) is 14.5. The topological polar surface area (TPSA) is 63.6 Å². The first-order valence-corrected chi connectivity index (χ1v) is 14.3. The summed E-state index contributed by atoms with van der Waals surface area (Å²) < 4.78 is 5.86. The molecule has 196 valence electrons. The van der Waals surface area contributed by atoms with E-state index in [1.165, 1.54) is 31.3 Å². The number of carboxylic acids is 1. The fraction of sp³-hybridized carbons (Fsp3) is 0.871. The van der Waals surface area contributed by atoms with Gasteiger partial charge in [-0.3, -0.25) is 9.59 Å². The first-order chi connectivity index (χ1) is 16.3. The van der Waals surface area contributed by atoms with Gasteiger partial charge in [-0.25, -0.2) is 0 Å². The van der Waals surface area contributed by atoms with Crippen LogP contribution in [0.15, 0.2) is 12.2 Å². The molecule has 5 aliphatic rings. The second kappa shape index (κ2) is 8.09. The lowest BCUT2D eigenvalue weighted by Crippen LogP contribution is -2.64. The zero-order chi connectivity index (χ0) is 25.6. The van der Waals surface area contributed by atoms with Crippen molar-refractivity contribution in [2.45, 2.75) is 112 Å². The van der Waals surface area contributed by atoms with Crippen LogP contribution in [-0.2, 0) is 14.3 Å². The van der Waals surface area contributed by atoms with Gasteiger partial charge in [0, 0.05) is 12.3 Å². The van der Waals surface area contributed by atoms with Crippen molar-refractivity contribution >= 4 is 11.9 Å². The Hall–Kier alpha value is -1.32. The molecule has 10 atom stereocenters. The van der Waals surface area contributed by atoms with Crippen molar-refractivity contribution in [3.8, 4) is 0 Å². The Balaban J connectivity index is 1.48. The average molecular weight is 485 g/mol. The summed E-state index contributed by atoms with van der Waals surface area (Å²) in [6.45, 7) is 17.8. The zero-order valence-electron chi connectivity index (χ0n) is 23.0. The minimum Gasteiger partial charge on any atom is -0.481 e. The Bertz CT molecular complexity index is 921. The van der Waals surface area contributed by atoms with Crippen LogP contribution in [0.3, 0.4) is 0 Å². The van der Waals surface area contributed by atoms with Crippen molar-refractivity contribution in [3.05, 3.63) is 12.2 Å². The van der Waals surface area contributed by atoms with Crippen molar-refractivity contribution in [1.29, 1.82) is 0 Å². The van der Waals surface area contributed by atoms with Crippen LogP contribution in [0.5, 0.6) is 0 Å². The summed E-state index contributed by atoms with van der Waals surface area (Å²) in [5, 5.41) is 10.5. The molecule has 0 spiro atoms. The molecular formula is C31H48O4. The van der Waals surface area contributed by atoms with Gasteiger partial charge >= 0.3 is 11.9 Å². The van der Waals surface area contributed by atoms with Gasteiger partial charge in [-0.15, -0.1) is 0 Å². The molecule has 4 heteroatoms. The monoisotopic (exact) mass is 484 g/mol. The van der Waals surface area contributed by atoms with Crippen LogP contribution in [-0.4, -0.2) is 23.1 Å². The number of allylic oxidation sites excluding steroid dienone is 1. The highest BCUT2D eigenvalue weighted by molar-refractivity contribution is 5.76. The van der Waals surface area contributed by atoms with Gasteiger partial charge < -0.3 is 9.84 Å². The van der Waals surface area contributed by atoms with Gasteiger partial charge in [0.15, 0.2) is 0 Å². The van der Waals surface area contributed by atoms with Crippen LogP contribution in [0.2, 0.25) is 0 Å². The van der Waals surface area contributed by atoms with Crippen LogP contribution >= 0.6 is 0 Å². The van der Waals surface area contributed by atoms with Crippen molar-refractivity contribution < 1.29 is 19.4 Å². The van der Waals surface area contributed by atoms with E-state index in [4.69, 9.17) is 4.74 Å². The number of hydrogen-bond donors (Lipinski definition) is 1. The molecule has 0 amide bonds. The van der Waals surface area contributed by atoms with Crippen LogP contribution in [0, 0.1) is 57.2 Å². The molecule has 5 fully saturated rings. The van der Waals surface area contributed by atoms with E-state index in [1.807, 2.05) is 0 Å². The van der Waals surface area contributed by atoms with E-state index in [0.717, 1.165) is 38.5 Å². The minimum atomic E-state index is -0.543. The van der Waals surface area contributed by atoms with E-state index in [9.17, 15) is 14.7 Å². The lowest BCUT2D eigenvalue weighted by Gasteiger charge is -2.69. The molecule has 0 heterocycles. The summed E-state index contributed by atoms with van der Waals surface area (Å²) in [5.74, 6) is 2.27. The Morgan fingerprint density at radius 1 is 0.829 bits per heavy atom. The summed E-state index contributed by atoms with van der Waals surface area (Å²) >= 11 is 0. The third kappa shape index (κ3) is 3.36. The third-order valence-electron chi connectivity index (χ3n) is 12.9. The van der Waals surface area contributed by atoms with Gasteiger partial charge in [0.25, 0.3) is 0 Å². The van der Waals surface area contributed by atoms with E-state index in [-0.39, 0.29) is 34.2 Å². The smallest absolute Gasteiger partial charge is 0.309 e. The average Bonchev–Trinajstić information content (AvgIpc) is 3.17. The van der Waals surface area contributed by atoms with Gasteiger partial charge in [-0.05, 0) is 117 Å². The Kier molecular flexibility index (Phi) is 5.85. The normalized spacial score (nSPS) is 50.2. The van der Waals surface area contributed by atoms with E-state index in [2.05, 4.69) is 41.2 Å². The fourth-order valence-electron chi connectivity index (χ4n) is 11.6. The van der Waals surface area contributed by atoms with E-state index in [1.54, 1.807) is 6.92 Å². The summed E-state index contributed by atoms with van der Waals surface area (Å²) in [5.41, 5.74) is 1.18. The zero-order valence-corrected chi connectivity index (χ0v) is 23.0. The maximum Gasteiger partial charge on any atom is 0.309 e. The van der Waals surface area contributed by atoms with Gasteiger partial charge in [-0.2, -0.15) is 0 Å². The first kappa shape index (κ1) is 25.3. The van der Waals surface area contributed by atoms with Gasteiger partial charge in [0.1, 0.15) is 6.10 Å². The van der Waals surface area contributed by atoms with Gasteiger partial charge in [0.2, 0.25) is 0 Å². The largest absolute Gasteiger partial charge is 0.481 e. The number of aliphatic carboxylic acids is 1. The molecule has 0 aromatic carbocycles. The third-order valence-corrected chi connectivity index (χ3v) is 12.9. The van der Waals surface area contributed by atoms with E-state index < -0.39 is 11.4 Å². The maximum atomic E-state index is 12.7. The molecule has 0 radical (unpaired) electrons. The molecule has 4 nitrogen and oxygen atoms in total. The number of ether oxygens (including phenoxy) is 1. The van der Waals surface area contributed by atoms with E-state index in [0.29, 0.717) is 29.6 Å². The number of hydrogen-bond acceptors (Lipinski definition) is 3. The number of carboxylic acid groups (broad SMARTS) is 1. The number of carbonyl (C=O) groups excluding carboxylic acids is 1. The van der Waals surface area contributed by atoms with E-state index >= 15 is 0 Å². The predicted molar refractivity (Wildman–Crippen MR) is 138 cm³/mol. The quantitative estimate of drug-likeness (QED) is 0.338. The number of rotatable bonds is 3. The fourth-order valence-corrected chi connectivity index (χ4v) is 11.6. The van der Waals surface area contributed by atoms with Crippen LogP contribution in [0.1, 0.15) is 106 Å². The molecule has 0 aliphatic heterocycles. The minimum absolute atomic E-state index is 0.0134. The van der Waals surface area contributed by atoms with Gasteiger partial charge in [0.05, 0.1) is 5.41 Å². The second-order valence-corrected chi connectivity index (χ2v) is 14.5. The van der Waals surface area contributed by atoms with Crippen LogP contribution in [0.4, 0.5) is 0 Å². The molecular weight excluding hydrogens is 436 g/mol. The molecule has 0 aromatic rings. The molecule has 5 saturated carbocycles. The highest BCUT2D eigenvalue weighted by Crippen LogP contribution is 2.73. The summed E-state index contributed by atoms with van der Waals surface area (Å²) in [6.07, 6.45) is 10.7. The highest BCUT2D eigenvalue weighted by Gasteiger charge is 2.68. The number of fused-ring (bicyclic) bond motifs is 7. The molecule has 0 saturated heterocycles. The maximum absolute atomic E-state index is 12.7. The summed E-state index contributed by atoms with van der Waals surface area (Å²) in [7, 11) is 0. The van der Waals surface area contributed by atoms with Crippen molar-refractivity contribution in [3.63, 3.8) is 0 Å². The molecule has 5 rings (SSSR count). The molecule has 35 heavy (non-hydrogen) atoms. The number of esters is 1. The lowest BCUT2D eigenvalue weighted by atomic mass is 9.36.